The zero-order valence-electron chi connectivity index (χ0n) is 14.3. The molecule has 1 fully saturated rings. The van der Waals surface area contributed by atoms with Crippen molar-refractivity contribution >= 4 is 57.4 Å². The largest absolute Gasteiger partial charge is 0.462 e. The first-order valence-corrected chi connectivity index (χ1v) is 9.22. The van der Waals surface area contributed by atoms with E-state index in [1.807, 2.05) is 6.92 Å². The molecule has 0 bridgehead atoms. The van der Waals surface area contributed by atoms with Crippen LogP contribution >= 0.6 is 34.5 Å². The van der Waals surface area contributed by atoms with Crippen molar-refractivity contribution in [1.82, 2.24) is 0 Å². The Balaban J connectivity index is 2.00. The van der Waals surface area contributed by atoms with E-state index in [1.54, 1.807) is 20.8 Å². The molecule has 1 aromatic heterocycles. The second kappa shape index (κ2) is 7.13. The summed E-state index contributed by atoms with van der Waals surface area (Å²) in [6, 6.07) is 0. The molecular weight excluding hydrogens is 389 g/mol. The van der Waals surface area contributed by atoms with E-state index in [9.17, 15) is 14.4 Å². The Kier molecular flexibility index (Phi) is 5.71. The highest BCUT2D eigenvalue weighted by molar-refractivity contribution is 7.16. The summed E-state index contributed by atoms with van der Waals surface area (Å²) in [5, 5.41) is 2.97. The number of halogens is 2. The van der Waals surface area contributed by atoms with Crippen molar-refractivity contribution in [2.45, 2.75) is 38.4 Å². The zero-order chi connectivity index (χ0) is 19.0. The fourth-order valence-corrected chi connectivity index (χ4v) is 3.99. The van der Waals surface area contributed by atoms with E-state index in [-0.39, 0.29) is 13.0 Å². The van der Waals surface area contributed by atoms with Crippen molar-refractivity contribution < 1.29 is 23.9 Å². The van der Waals surface area contributed by atoms with Crippen molar-refractivity contribution in [1.29, 1.82) is 0 Å². The average molecular weight is 408 g/mol. The molecule has 0 spiro atoms. The van der Waals surface area contributed by atoms with Gasteiger partial charge in [0.2, 0.25) is 0 Å². The maximum Gasteiger partial charge on any atom is 0.341 e. The van der Waals surface area contributed by atoms with Crippen LogP contribution in [-0.2, 0) is 19.1 Å². The van der Waals surface area contributed by atoms with E-state index in [1.165, 1.54) is 11.3 Å². The lowest BCUT2D eigenvalue weighted by Gasteiger charge is -2.12. The molecule has 1 aromatic rings. The molecule has 1 aliphatic rings. The molecule has 0 saturated heterocycles. The molecule has 1 amide bonds. The normalized spacial score (nSPS) is 20.7. The fourth-order valence-electron chi connectivity index (χ4n) is 2.24. The lowest BCUT2D eigenvalue weighted by Crippen LogP contribution is -2.27. The number of hydrogen-bond acceptors (Lipinski definition) is 6. The Labute approximate surface area is 159 Å². The maximum absolute atomic E-state index is 12.1. The van der Waals surface area contributed by atoms with Crippen molar-refractivity contribution in [2.24, 2.45) is 5.41 Å². The fraction of sp³-hybridized carbons (Fsp3) is 0.562. The number of rotatable bonds is 6. The quantitative estimate of drug-likeness (QED) is 0.575. The molecule has 25 heavy (non-hydrogen) atoms. The Morgan fingerprint density at radius 2 is 1.84 bits per heavy atom. The topological polar surface area (TPSA) is 81.7 Å². The molecule has 1 N–H and O–H groups in total. The maximum atomic E-state index is 12.1. The minimum Gasteiger partial charge on any atom is -0.462 e. The first-order chi connectivity index (χ1) is 11.5. The zero-order valence-corrected chi connectivity index (χ0v) is 16.7. The second-order valence-electron chi connectivity index (χ2n) is 6.05. The van der Waals surface area contributed by atoms with Gasteiger partial charge in [-0.3, -0.25) is 9.59 Å². The van der Waals surface area contributed by atoms with Crippen LogP contribution < -0.4 is 5.32 Å². The van der Waals surface area contributed by atoms with Crippen LogP contribution in [0.1, 0.15) is 41.1 Å². The van der Waals surface area contributed by atoms with Gasteiger partial charge in [0.25, 0.3) is 5.91 Å². The molecule has 0 aliphatic heterocycles. The third kappa shape index (κ3) is 3.93. The second-order valence-corrected chi connectivity index (χ2v) is 8.75. The third-order valence-corrected chi connectivity index (χ3v) is 6.38. The summed E-state index contributed by atoms with van der Waals surface area (Å²) in [5.41, 5.74) is 0.0665. The summed E-state index contributed by atoms with van der Waals surface area (Å²) in [5.74, 6) is -1.69. The van der Waals surface area contributed by atoms with Gasteiger partial charge in [0.1, 0.15) is 14.7 Å². The van der Waals surface area contributed by atoms with Gasteiger partial charge in [-0.15, -0.1) is 34.5 Å². The van der Waals surface area contributed by atoms with E-state index in [2.05, 4.69) is 5.32 Å². The molecule has 1 heterocycles. The minimum absolute atomic E-state index is 0.231. The number of anilines is 1. The summed E-state index contributed by atoms with van der Waals surface area (Å²) in [4.78, 5) is 37.0. The first kappa shape index (κ1) is 20.0. The van der Waals surface area contributed by atoms with Crippen molar-refractivity contribution in [2.75, 3.05) is 18.5 Å². The van der Waals surface area contributed by atoms with Gasteiger partial charge in [-0.05, 0) is 33.3 Å². The molecule has 2 rings (SSSR count). The van der Waals surface area contributed by atoms with Gasteiger partial charge < -0.3 is 14.8 Å². The van der Waals surface area contributed by atoms with E-state index in [0.717, 1.165) is 10.4 Å². The Bertz CT molecular complexity index is 730. The number of carbonyl (C=O) groups excluding carboxylic acids is 3. The lowest BCUT2D eigenvalue weighted by molar-refractivity contribution is -0.152. The predicted molar refractivity (Wildman–Crippen MR) is 96.5 cm³/mol. The van der Waals surface area contributed by atoms with Crippen molar-refractivity contribution in [3.8, 4) is 0 Å². The Morgan fingerprint density at radius 1 is 1.24 bits per heavy atom. The van der Waals surface area contributed by atoms with Gasteiger partial charge in [0.15, 0.2) is 6.61 Å². The van der Waals surface area contributed by atoms with Crippen LogP contribution in [0, 0.1) is 19.3 Å². The highest BCUT2D eigenvalue weighted by atomic mass is 35.5. The van der Waals surface area contributed by atoms with Crippen molar-refractivity contribution in [3.63, 3.8) is 0 Å². The van der Waals surface area contributed by atoms with E-state index < -0.39 is 34.2 Å². The van der Waals surface area contributed by atoms with Crippen molar-refractivity contribution in [3.05, 3.63) is 16.0 Å². The van der Waals surface area contributed by atoms with Gasteiger partial charge >= 0.3 is 11.9 Å². The summed E-state index contributed by atoms with van der Waals surface area (Å²) in [7, 11) is 0. The molecule has 1 saturated carbocycles. The van der Waals surface area contributed by atoms with Crippen LogP contribution in [0.3, 0.4) is 0 Å². The number of carbonyl (C=O) groups is 3. The van der Waals surface area contributed by atoms with Gasteiger partial charge in [-0.25, -0.2) is 4.79 Å². The SMILES string of the molecule is CCOC(=O)c1c(NC(=O)COC(=O)C2(C)CC2(Cl)Cl)sc(C)c1C. The van der Waals surface area contributed by atoms with Gasteiger partial charge in [-0.2, -0.15) is 0 Å². The number of alkyl halides is 2. The number of ether oxygens (including phenoxy) is 2. The smallest absolute Gasteiger partial charge is 0.341 e. The summed E-state index contributed by atoms with van der Waals surface area (Å²) >= 11 is 13.1. The highest BCUT2D eigenvalue weighted by Crippen LogP contribution is 2.64. The average Bonchev–Trinajstić information content (AvgIpc) is 2.91. The molecular formula is C16H19Cl2NO5S. The summed E-state index contributed by atoms with van der Waals surface area (Å²) in [6.45, 7) is 6.65. The molecule has 6 nitrogen and oxygen atoms in total. The lowest BCUT2D eigenvalue weighted by atomic mass is 10.1. The predicted octanol–water partition coefficient (Wildman–Crippen LogP) is 3.61. The highest BCUT2D eigenvalue weighted by Gasteiger charge is 2.69. The number of nitrogens with one attached hydrogen (secondary N) is 1. The van der Waals surface area contributed by atoms with Gasteiger partial charge in [0, 0.05) is 11.3 Å². The molecule has 0 radical (unpaired) electrons. The standard InChI is InChI=1S/C16H19Cl2NO5S/c1-5-23-13(21)11-8(2)9(3)25-12(11)19-10(20)6-24-14(22)15(4)7-16(15,17)18/h5-7H2,1-4H3,(H,19,20). The molecule has 1 unspecified atom stereocenters. The Morgan fingerprint density at radius 3 is 2.36 bits per heavy atom. The number of hydrogen-bond donors (Lipinski definition) is 1. The van der Waals surface area contributed by atoms with E-state index in [4.69, 9.17) is 32.7 Å². The van der Waals surface area contributed by atoms with E-state index >= 15 is 0 Å². The van der Waals surface area contributed by atoms with E-state index in [0.29, 0.717) is 10.6 Å². The van der Waals surface area contributed by atoms with Crippen LogP contribution in [0.25, 0.3) is 0 Å². The number of esters is 2. The minimum atomic E-state index is -1.15. The Hall–Kier alpha value is -1.31. The van der Waals surface area contributed by atoms with Gasteiger partial charge in [0.05, 0.1) is 12.2 Å². The van der Waals surface area contributed by atoms with Crippen LogP contribution in [0.2, 0.25) is 0 Å². The molecule has 1 aliphatic carbocycles. The number of amides is 1. The molecule has 138 valence electrons. The van der Waals surface area contributed by atoms with Gasteiger partial charge in [-0.1, -0.05) is 0 Å². The number of aryl methyl sites for hydroxylation is 1. The number of thiophene rings is 1. The first-order valence-electron chi connectivity index (χ1n) is 7.65. The molecule has 9 heteroatoms. The summed E-state index contributed by atoms with van der Waals surface area (Å²) in [6.07, 6.45) is 0.278. The van der Waals surface area contributed by atoms with Crippen LogP contribution in [0.4, 0.5) is 5.00 Å². The van der Waals surface area contributed by atoms with Crippen LogP contribution in [-0.4, -0.2) is 35.4 Å². The molecule has 0 aromatic carbocycles. The monoisotopic (exact) mass is 407 g/mol. The summed E-state index contributed by atoms with van der Waals surface area (Å²) < 4.78 is 8.86. The molecule has 1 atom stereocenters. The van der Waals surface area contributed by atoms with Crippen LogP contribution in [0.5, 0.6) is 0 Å². The third-order valence-electron chi connectivity index (χ3n) is 4.16. The van der Waals surface area contributed by atoms with Crippen LogP contribution in [0.15, 0.2) is 0 Å².